The molecule has 0 aliphatic carbocycles. The zero-order chi connectivity index (χ0) is 13.5. The third-order valence-corrected chi connectivity index (χ3v) is 2.93. The molecule has 0 bridgehead atoms. The first-order valence-corrected chi connectivity index (χ1v) is 6.07. The number of nitrogens with two attached hydrogens (primary N) is 1. The van der Waals surface area contributed by atoms with E-state index in [9.17, 15) is 0 Å². The Morgan fingerprint density at radius 1 is 1.22 bits per heavy atom. The lowest BCUT2D eigenvalue weighted by molar-refractivity contribution is 0.538. The molecule has 0 saturated heterocycles. The van der Waals surface area contributed by atoms with E-state index in [1.54, 1.807) is 0 Å². The van der Waals surface area contributed by atoms with E-state index in [4.69, 9.17) is 5.73 Å². The van der Waals surface area contributed by atoms with Gasteiger partial charge in [0, 0.05) is 23.7 Å². The van der Waals surface area contributed by atoms with Crippen LogP contribution in [0, 0.1) is 6.92 Å². The van der Waals surface area contributed by atoms with Gasteiger partial charge in [0.15, 0.2) is 11.6 Å². The minimum atomic E-state index is -0.0439. The molecule has 0 radical (unpaired) electrons. The van der Waals surface area contributed by atoms with Crippen LogP contribution < -0.4 is 5.73 Å². The van der Waals surface area contributed by atoms with E-state index < -0.39 is 0 Å². The fourth-order valence-corrected chi connectivity index (χ4v) is 1.87. The Labute approximate surface area is 108 Å². The minimum absolute atomic E-state index is 0.0439. The molecule has 1 heterocycles. The molecule has 1 aromatic heterocycles. The lowest BCUT2D eigenvalue weighted by atomic mass is 9.96. The summed E-state index contributed by atoms with van der Waals surface area (Å²) in [6.07, 6.45) is 0. The smallest absolute Gasteiger partial charge is 0.158 e. The van der Waals surface area contributed by atoms with Gasteiger partial charge < -0.3 is 5.73 Å². The number of anilines is 1. The molecule has 0 amide bonds. The Morgan fingerprint density at radius 2 is 1.89 bits per heavy atom. The average molecular weight is 244 g/mol. The number of nitrogens with zero attached hydrogens (tertiary/aromatic N) is 3. The van der Waals surface area contributed by atoms with Crippen molar-refractivity contribution in [3.63, 3.8) is 0 Å². The SMILES string of the molecule is Cc1cc(N)ccc1-c1nc(C(C)(C)C)nn1C. The van der Waals surface area contributed by atoms with Gasteiger partial charge in [-0.05, 0) is 30.7 Å². The van der Waals surface area contributed by atoms with Crippen LogP contribution in [0.25, 0.3) is 11.4 Å². The number of benzene rings is 1. The Hall–Kier alpha value is -1.84. The van der Waals surface area contributed by atoms with Crippen molar-refractivity contribution in [3.05, 3.63) is 29.6 Å². The summed E-state index contributed by atoms with van der Waals surface area (Å²) in [5, 5.41) is 4.50. The van der Waals surface area contributed by atoms with E-state index in [-0.39, 0.29) is 5.41 Å². The summed E-state index contributed by atoms with van der Waals surface area (Å²) in [5.41, 5.74) is 8.70. The van der Waals surface area contributed by atoms with Crippen molar-refractivity contribution in [2.24, 2.45) is 7.05 Å². The van der Waals surface area contributed by atoms with Crippen molar-refractivity contribution in [2.45, 2.75) is 33.1 Å². The van der Waals surface area contributed by atoms with Crippen LogP contribution in [-0.4, -0.2) is 14.8 Å². The number of aryl methyl sites for hydroxylation is 2. The first-order valence-electron chi connectivity index (χ1n) is 6.07. The number of aromatic nitrogens is 3. The topological polar surface area (TPSA) is 56.7 Å². The zero-order valence-corrected chi connectivity index (χ0v) is 11.7. The molecule has 4 nitrogen and oxygen atoms in total. The fraction of sp³-hybridized carbons (Fsp3) is 0.429. The molecule has 0 fully saturated rings. The van der Waals surface area contributed by atoms with Crippen LogP contribution >= 0.6 is 0 Å². The average Bonchev–Trinajstić information content (AvgIpc) is 2.60. The molecule has 18 heavy (non-hydrogen) atoms. The second-order valence-corrected chi connectivity index (χ2v) is 5.71. The molecule has 0 unspecified atom stereocenters. The summed E-state index contributed by atoms with van der Waals surface area (Å²) in [6, 6.07) is 5.86. The van der Waals surface area contributed by atoms with Crippen molar-refractivity contribution in [1.82, 2.24) is 14.8 Å². The number of rotatable bonds is 1. The van der Waals surface area contributed by atoms with Crippen molar-refractivity contribution in [1.29, 1.82) is 0 Å². The van der Waals surface area contributed by atoms with Crippen molar-refractivity contribution < 1.29 is 0 Å². The van der Waals surface area contributed by atoms with Crippen LogP contribution in [0.1, 0.15) is 32.2 Å². The van der Waals surface area contributed by atoms with E-state index in [0.717, 1.165) is 28.5 Å². The monoisotopic (exact) mass is 244 g/mol. The maximum Gasteiger partial charge on any atom is 0.158 e. The van der Waals surface area contributed by atoms with E-state index in [0.29, 0.717) is 0 Å². The summed E-state index contributed by atoms with van der Waals surface area (Å²) in [6.45, 7) is 8.38. The first kappa shape index (κ1) is 12.6. The summed E-state index contributed by atoms with van der Waals surface area (Å²) >= 11 is 0. The Kier molecular flexibility index (Phi) is 2.89. The molecule has 0 aliphatic rings. The largest absolute Gasteiger partial charge is 0.399 e. The highest BCUT2D eigenvalue weighted by molar-refractivity contribution is 5.64. The molecule has 0 atom stereocenters. The summed E-state index contributed by atoms with van der Waals surface area (Å²) in [4.78, 5) is 4.65. The molecule has 0 saturated carbocycles. The van der Waals surface area contributed by atoms with Crippen molar-refractivity contribution in [3.8, 4) is 11.4 Å². The van der Waals surface area contributed by atoms with Gasteiger partial charge in [-0.15, -0.1) is 0 Å². The van der Waals surface area contributed by atoms with Crippen molar-refractivity contribution >= 4 is 5.69 Å². The van der Waals surface area contributed by atoms with Crippen molar-refractivity contribution in [2.75, 3.05) is 5.73 Å². The molecule has 4 heteroatoms. The maximum absolute atomic E-state index is 5.78. The third-order valence-electron chi connectivity index (χ3n) is 2.93. The van der Waals surface area contributed by atoms with E-state index in [1.807, 2.05) is 36.9 Å². The van der Waals surface area contributed by atoms with Crippen LogP contribution in [-0.2, 0) is 12.5 Å². The van der Waals surface area contributed by atoms with Gasteiger partial charge in [0.05, 0.1) is 0 Å². The second-order valence-electron chi connectivity index (χ2n) is 5.71. The molecule has 2 N–H and O–H groups in total. The molecule has 0 aliphatic heterocycles. The van der Waals surface area contributed by atoms with E-state index in [1.165, 1.54) is 0 Å². The van der Waals surface area contributed by atoms with E-state index in [2.05, 4.69) is 30.9 Å². The van der Waals surface area contributed by atoms with Gasteiger partial charge in [0.1, 0.15) is 0 Å². The van der Waals surface area contributed by atoms with E-state index >= 15 is 0 Å². The predicted octanol–water partition coefficient (Wildman–Crippen LogP) is 2.67. The van der Waals surface area contributed by atoms with Gasteiger partial charge >= 0.3 is 0 Å². The number of nitrogen functional groups attached to an aromatic ring is 1. The summed E-state index contributed by atoms with van der Waals surface area (Å²) in [7, 11) is 1.92. The molecular weight excluding hydrogens is 224 g/mol. The zero-order valence-electron chi connectivity index (χ0n) is 11.7. The first-order chi connectivity index (χ1) is 8.29. The van der Waals surface area contributed by atoms with Crippen LogP contribution in [0.5, 0.6) is 0 Å². The Morgan fingerprint density at radius 3 is 2.39 bits per heavy atom. The highest BCUT2D eigenvalue weighted by Crippen LogP contribution is 2.26. The standard InChI is InChI=1S/C14H20N4/c1-9-8-10(15)6-7-11(9)12-16-13(14(2,3)4)17-18(12)5/h6-8H,15H2,1-5H3. The Balaban J connectivity index is 2.55. The molecular formula is C14H20N4. The lowest BCUT2D eigenvalue weighted by Gasteiger charge is -2.12. The van der Waals surface area contributed by atoms with Gasteiger partial charge in [-0.25, -0.2) is 9.67 Å². The lowest BCUT2D eigenvalue weighted by Crippen LogP contribution is -2.13. The van der Waals surface area contributed by atoms with Gasteiger partial charge in [0.2, 0.25) is 0 Å². The fourth-order valence-electron chi connectivity index (χ4n) is 1.87. The summed E-state index contributed by atoms with van der Waals surface area (Å²) in [5.74, 6) is 1.74. The third kappa shape index (κ3) is 2.23. The molecule has 96 valence electrons. The quantitative estimate of drug-likeness (QED) is 0.785. The molecule has 0 spiro atoms. The predicted molar refractivity (Wildman–Crippen MR) is 74.3 cm³/mol. The highest BCUT2D eigenvalue weighted by atomic mass is 15.3. The van der Waals surface area contributed by atoms with Gasteiger partial charge in [-0.3, -0.25) is 0 Å². The van der Waals surface area contributed by atoms with Crippen LogP contribution in [0.4, 0.5) is 5.69 Å². The number of hydrogen-bond acceptors (Lipinski definition) is 3. The molecule has 2 rings (SSSR count). The highest BCUT2D eigenvalue weighted by Gasteiger charge is 2.21. The normalized spacial score (nSPS) is 11.8. The summed E-state index contributed by atoms with van der Waals surface area (Å²) < 4.78 is 1.83. The molecule has 2 aromatic rings. The second kappa shape index (κ2) is 4.12. The van der Waals surface area contributed by atoms with Gasteiger partial charge in [0.25, 0.3) is 0 Å². The van der Waals surface area contributed by atoms with Gasteiger partial charge in [-0.1, -0.05) is 20.8 Å². The maximum atomic E-state index is 5.78. The Bertz CT molecular complexity index is 576. The van der Waals surface area contributed by atoms with Crippen LogP contribution in [0.15, 0.2) is 18.2 Å². The minimum Gasteiger partial charge on any atom is -0.399 e. The van der Waals surface area contributed by atoms with Gasteiger partial charge in [-0.2, -0.15) is 5.10 Å². The van der Waals surface area contributed by atoms with Crippen LogP contribution in [0.3, 0.4) is 0 Å². The number of hydrogen-bond donors (Lipinski definition) is 1. The molecule has 1 aromatic carbocycles. The van der Waals surface area contributed by atoms with Crippen LogP contribution in [0.2, 0.25) is 0 Å².